The minimum atomic E-state index is -4.09. The van der Waals surface area contributed by atoms with Crippen molar-refractivity contribution in [1.29, 1.82) is 0 Å². The van der Waals surface area contributed by atoms with E-state index in [4.69, 9.17) is 4.55 Å². The molecule has 0 fully saturated rings. The lowest BCUT2D eigenvalue weighted by molar-refractivity contribution is 0.191. The van der Waals surface area contributed by atoms with Crippen LogP contribution in [0.5, 0.6) is 0 Å². The van der Waals surface area contributed by atoms with Crippen LogP contribution in [0.15, 0.2) is 11.2 Å². The molecule has 1 aliphatic rings. The third kappa shape index (κ3) is 2.01. The molecule has 0 radical (unpaired) electrons. The van der Waals surface area contributed by atoms with Crippen molar-refractivity contribution in [2.24, 2.45) is 0 Å². The molecule has 0 spiro atoms. The lowest BCUT2D eigenvalue weighted by atomic mass is 10.4. The highest BCUT2D eigenvalue weighted by atomic mass is 32.2. The Labute approximate surface area is 84.7 Å². The van der Waals surface area contributed by atoms with E-state index >= 15 is 0 Å². The molecular weight excluding hydrogens is 204 g/mol. The summed E-state index contributed by atoms with van der Waals surface area (Å²) < 4.78 is 30.8. The van der Waals surface area contributed by atoms with Gasteiger partial charge in [0.15, 0.2) is 5.03 Å². The van der Waals surface area contributed by atoms with Crippen LogP contribution in [0, 0.1) is 0 Å². The Kier molecular flexibility index (Phi) is 3.06. The lowest BCUT2D eigenvalue weighted by Crippen LogP contribution is -2.35. The Morgan fingerprint density at radius 1 is 1.57 bits per heavy atom. The molecule has 0 aromatic rings. The van der Waals surface area contributed by atoms with Gasteiger partial charge in [-0.25, -0.2) is 0 Å². The Balaban J connectivity index is 2.93. The molecule has 1 atom stereocenters. The Morgan fingerprint density at radius 2 is 2.14 bits per heavy atom. The molecule has 14 heavy (non-hydrogen) atoms. The number of rotatable bonds is 3. The van der Waals surface area contributed by atoms with Crippen molar-refractivity contribution in [3.05, 3.63) is 11.2 Å². The zero-order valence-corrected chi connectivity index (χ0v) is 9.45. The predicted octanol–water partition coefficient (Wildman–Crippen LogP) is 0.677. The summed E-state index contributed by atoms with van der Waals surface area (Å²) in [5.41, 5.74) is 0. The highest BCUT2D eigenvalue weighted by molar-refractivity contribution is 7.89. The van der Waals surface area contributed by atoms with Crippen LogP contribution >= 0.6 is 0 Å². The van der Waals surface area contributed by atoms with Crippen molar-refractivity contribution in [2.45, 2.75) is 26.4 Å². The monoisotopic (exact) mass is 220 g/mol. The van der Waals surface area contributed by atoms with Crippen LogP contribution in [-0.4, -0.2) is 42.5 Å². The maximum atomic E-state index is 11.0. The summed E-state index contributed by atoms with van der Waals surface area (Å²) in [6, 6.07) is 0. The van der Waals surface area contributed by atoms with E-state index in [0.717, 1.165) is 13.0 Å². The Bertz CT molecular complexity index is 336. The van der Waals surface area contributed by atoms with Gasteiger partial charge in [0.1, 0.15) is 0 Å². The molecule has 0 saturated heterocycles. The van der Waals surface area contributed by atoms with Crippen molar-refractivity contribution in [3.8, 4) is 0 Å². The molecule has 0 bridgehead atoms. The molecule has 0 aromatic carbocycles. The van der Waals surface area contributed by atoms with Crippen LogP contribution in [0.2, 0.25) is 0 Å². The summed E-state index contributed by atoms with van der Waals surface area (Å²) in [6.07, 6.45) is 2.41. The summed E-state index contributed by atoms with van der Waals surface area (Å²) in [6.45, 7) is 4.70. The molecule has 1 rings (SSSR count). The molecule has 0 aliphatic carbocycles. The standard InChI is InChI=1S/C8H16N2O3S/c1-4-5-10-6-8(14(11,12)13)9(3)7(10)2/h6-7H,4-5H2,1-3H3,(H,11,12,13). The fraction of sp³-hybridized carbons (Fsp3) is 0.750. The van der Waals surface area contributed by atoms with Gasteiger partial charge in [0.25, 0.3) is 0 Å². The van der Waals surface area contributed by atoms with Gasteiger partial charge < -0.3 is 9.80 Å². The van der Waals surface area contributed by atoms with E-state index in [0.29, 0.717) is 0 Å². The first-order valence-corrected chi connectivity index (χ1v) is 5.99. The molecule has 0 amide bonds. The van der Waals surface area contributed by atoms with Crippen LogP contribution in [0.3, 0.4) is 0 Å². The maximum Gasteiger partial charge on any atom is 0.311 e. The van der Waals surface area contributed by atoms with Gasteiger partial charge in [0, 0.05) is 19.8 Å². The maximum absolute atomic E-state index is 11.0. The summed E-state index contributed by atoms with van der Waals surface area (Å²) in [5, 5.41) is -0.0292. The van der Waals surface area contributed by atoms with Gasteiger partial charge in [-0.3, -0.25) is 4.55 Å². The van der Waals surface area contributed by atoms with Gasteiger partial charge in [0.05, 0.1) is 6.17 Å². The molecule has 6 heteroatoms. The molecule has 82 valence electrons. The molecule has 5 nitrogen and oxygen atoms in total. The van der Waals surface area contributed by atoms with Crippen molar-refractivity contribution < 1.29 is 13.0 Å². The Hall–Kier alpha value is -0.750. The minimum absolute atomic E-state index is 0.0214. The molecule has 1 heterocycles. The van der Waals surface area contributed by atoms with Gasteiger partial charge >= 0.3 is 10.1 Å². The second-order valence-corrected chi connectivity index (χ2v) is 4.79. The first-order chi connectivity index (χ1) is 6.38. The fourth-order valence-corrected chi connectivity index (χ4v) is 2.29. The van der Waals surface area contributed by atoms with Gasteiger partial charge in [-0.2, -0.15) is 8.42 Å². The van der Waals surface area contributed by atoms with Gasteiger partial charge in [-0.15, -0.1) is 0 Å². The third-order valence-electron chi connectivity index (χ3n) is 2.41. The zero-order valence-electron chi connectivity index (χ0n) is 8.64. The molecule has 1 unspecified atom stereocenters. The van der Waals surface area contributed by atoms with Crippen LogP contribution < -0.4 is 0 Å². The lowest BCUT2D eigenvalue weighted by Gasteiger charge is -2.27. The van der Waals surface area contributed by atoms with E-state index < -0.39 is 10.1 Å². The summed E-state index contributed by atoms with van der Waals surface area (Å²) >= 11 is 0. The van der Waals surface area contributed by atoms with Crippen molar-refractivity contribution in [3.63, 3.8) is 0 Å². The van der Waals surface area contributed by atoms with Gasteiger partial charge in [-0.05, 0) is 13.3 Å². The first kappa shape index (κ1) is 11.3. The van der Waals surface area contributed by atoms with Crippen LogP contribution in [0.4, 0.5) is 0 Å². The fourth-order valence-electron chi connectivity index (χ4n) is 1.51. The largest absolute Gasteiger partial charge is 0.355 e. The molecular formula is C8H16N2O3S. The van der Waals surface area contributed by atoms with E-state index in [1.54, 1.807) is 11.9 Å². The molecule has 0 aromatic heterocycles. The normalized spacial score (nSPS) is 22.9. The van der Waals surface area contributed by atoms with Crippen molar-refractivity contribution in [2.75, 3.05) is 13.6 Å². The summed E-state index contributed by atoms with van der Waals surface area (Å²) in [7, 11) is -2.44. The second kappa shape index (κ2) is 3.78. The van der Waals surface area contributed by atoms with E-state index in [-0.39, 0.29) is 11.2 Å². The summed E-state index contributed by atoms with van der Waals surface area (Å²) in [4.78, 5) is 3.44. The number of nitrogens with zero attached hydrogens (tertiary/aromatic N) is 2. The molecule has 1 aliphatic heterocycles. The Morgan fingerprint density at radius 3 is 2.50 bits per heavy atom. The van der Waals surface area contributed by atoms with Crippen LogP contribution in [-0.2, 0) is 10.1 Å². The van der Waals surface area contributed by atoms with E-state index in [1.165, 1.54) is 6.20 Å². The minimum Gasteiger partial charge on any atom is -0.355 e. The second-order valence-electron chi connectivity index (χ2n) is 3.42. The highest BCUT2D eigenvalue weighted by Gasteiger charge is 2.31. The van der Waals surface area contributed by atoms with Crippen LogP contribution in [0.25, 0.3) is 0 Å². The number of hydrogen-bond donors (Lipinski definition) is 1. The van der Waals surface area contributed by atoms with E-state index in [1.807, 2.05) is 18.7 Å². The van der Waals surface area contributed by atoms with Crippen molar-refractivity contribution >= 4 is 10.1 Å². The van der Waals surface area contributed by atoms with Crippen molar-refractivity contribution in [1.82, 2.24) is 9.80 Å². The molecule has 1 N–H and O–H groups in total. The average Bonchev–Trinajstić information content (AvgIpc) is 2.32. The average molecular weight is 220 g/mol. The predicted molar refractivity (Wildman–Crippen MR) is 53.9 cm³/mol. The van der Waals surface area contributed by atoms with E-state index in [9.17, 15) is 8.42 Å². The van der Waals surface area contributed by atoms with Gasteiger partial charge in [-0.1, -0.05) is 6.92 Å². The zero-order chi connectivity index (χ0) is 10.9. The van der Waals surface area contributed by atoms with Gasteiger partial charge in [0.2, 0.25) is 0 Å². The quantitative estimate of drug-likeness (QED) is 0.709. The summed E-state index contributed by atoms with van der Waals surface area (Å²) in [5.74, 6) is 0. The van der Waals surface area contributed by atoms with E-state index in [2.05, 4.69) is 0 Å². The van der Waals surface area contributed by atoms with Crippen LogP contribution in [0.1, 0.15) is 20.3 Å². The first-order valence-electron chi connectivity index (χ1n) is 4.55. The molecule has 0 saturated carbocycles. The third-order valence-corrected chi connectivity index (χ3v) is 3.33. The number of hydrogen-bond acceptors (Lipinski definition) is 4. The highest BCUT2D eigenvalue weighted by Crippen LogP contribution is 2.23. The SMILES string of the molecule is CCCN1C=C(S(=O)(=O)O)N(C)C1C. The smallest absolute Gasteiger partial charge is 0.311 e. The topological polar surface area (TPSA) is 60.9 Å².